The van der Waals surface area contributed by atoms with Crippen molar-refractivity contribution in [2.75, 3.05) is 11.4 Å². The third-order valence-corrected chi connectivity index (χ3v) is 5.66. The third-order valence-electron chi connectivity index (χ3n) is 5.66. The van der Waals surface area contributed by atoms with E-state index in [1.54, 1.807) is 16.0 Å². The van der Waals surface area contributed by atoms with Crippen LogP contribution < -0.4 is 10.2 Å². The zero-order chi connectivity index (χ0) is 21.1. The number of amides is 3. The van der Waals surface area contributed by atoms with Crippen molar-refractivity contribution in [2.24, 2.45) is 0 Å². The SMILES string of the molecule is CC(=O)N1C=Cc2ccccc2C1CC(=O)NCc1ccc(N2CCCC2=O)cc1. The summed E-state index contributed by atoms with van der Waals surface area (Å²) in [5, 5.41) is 2.95. The molecule has 6 nitrogen and oxygen atoms in total. The number of fused-ring (bicyclic) bond motifs is 1. The van der Waals surface area contributed by atoms with Gasteiger partial charge in [0.05, 0.1) is 12.5 Å². The van der Waals surface area contributed by atoms with Crippen LogP contribution in [0.2, 0.25) is 0 Å². The lowest BCUT2D eigenvalue weighted by molar-refractivity contribution is -0.130. The van der Waals surface area contributed by atoms with Gasteiger partial charge < -0.3 is 15.1 Å². The molecule has 6 heteroatoms. The van der Waals surface area contributed by atoms with Crippen LogP contribution >= 0.6 is 0 Å². The van der Waals surface area contributed by atoms with Crippen LogP contribution in [0.5, 0.6) is 0 Å². The molecule has 2 aromatic carbocycles. The molecule has 1 atom stereocenters. The Balaban J connectivity index is 1.39. The highest BCUT2D eigenvalue weighted by Gasteiger charge is 2.28. The first-order valence-electron chi connectivity index (χ1n) is 10.2. The van der Waals surface area contributed by atoms with Crippen LogP contribution in [0.1, 0.15) is 48.9 Å². The van der Waals surface area contributed by atoms with Gasteiger partial charge in [-0.3, -0.25) is 14.4 Å². The Hall–Kier alpha value is -3.41. The minimum absolute atomic E-state index is 0.0920. The second kappa shape index (κ2) is 8.53. The number of anilines is 1. The molecule has 1 fully saturated rings. The van der Waals surface area contributed by atoms with Gasteiger partial charge in [-0.1, -0.05) is 36.4 Å². The number of carbonyl (C=O) groups is 3. The van der Waals surface area contributed by atoms with Crippen LogP contribution in [0, 0.1) is 0 Å². The maximum absolute atomic E-state index is 12.7. The summed E-state index contributed by atoms with van der Waals surface area (Å²) in [6.45, 7) is 2.67. The Morgan fingerprint density at radius 2 is 1.87 bits per heavy atom. The van der Waals surface area contributed by atoms with Gasteiger partial charge in [0.15, 0.2) is 0 Å². The van der Waals surface area contributed by atoms with E-state index in [0.29, 0.717) is 13.0 Å². The highest BCUT2D eigenvalue weighted by atomic mass is 16.2. The van der Waals surface area contributed by atoms with E-state index in [0.717, 1.165) is 35.3 Å². The second-order valence-electron chi connectivity index (χ2n) is 7.68. The van der Waals surface area contributed by atoms with Crippen molar-refractivity contribution in [3.8, 4) is 0 Å². The summed E-state index contributed by atoms with van der Waals surface area (Å²) in [6, 6.07) is 15.2. The molecule has 30 heavy (non-hydrogen) atoms. The van der Waals surface area contributed by atoms with Crippen LogP contribution in [-0.2, 0) is 20.9 Å². The Kier molecular flexibility index (Phi) is 5.65. The van der Waals surface area contributed by atoms with Crippen molar-refractivity contribution in [3.05, 3.63) is 71.4 Å². The average Bonchev–Trinajstić information content (AvgIpc) is 3.18. The van der Waals surface area contributed by atoms with Crippen LogP contribution in [-0.4, -0.2) is 29.2 Å². The van der Waals surface area contributed by atoms with Gasteiger partial charge in [-0.15, -0.1) is 0 Å². The molecule has 0 spiro atoms. The first-order chi connectivity index (χ1) is 14.5. The molecule has 1 saturated heterocycles. The van der Waals surface area contributed by atoms with E-state index in [9.17, 15) is 14.4 Å². The van der Waals surface area contributed by atoms with E-state index in [1.807, 2.05) is 54.6 Å². The molecule has 2 aliphatic rings. The summed E-state index contributed by atoms with van der Waals surface area (Å²) in [4.78, 5) is 40.0. The quantitative estimate of drug-likeness (QED) is 0.832. The number of nitrogens with one attached hydrogen (secondary N) is 1. The largest absolute Gasteiger partial charge is 0.352 e. The smallest absolute Gasteiger partial charge is 0.227 e. The summed E-state index contributed by atoms with van der Waals surface area (Å²) in [6.07, 6.45) is 5.35. The molecule has 4 rings (SSSR count). The third kappa shape index (κ3) is 4.13. The predicted molar refractivity (Wildman–Crippen MR) is 115 cm³/mol. The van der Waals surface area contributed by atoms with Gasteiger partial charge in [0.25, 0.3) is 0 Å². The van der Waals surface area contributed by atoms with Gasteiger partial charge in [0.1, 0.15) is 0 Å². The molecule has 0 aromatic heterocycles. The lowest BCUT2D eigenvalue weighted by atomic mass is 9.93. The van der Waals surface area contributed by atoms with E-state index in [-0.39, 0.29) is 30.2 Å². The zero-order valence-electron chi connectivity index (χ0n) is 17.0. The van der Waals surface area contributed by atoms with E-state index < -0.39 is 0 Å². The molecule has 0 saturated carbocycles. The zero-order valence-corrected chi connectivity index (χ0v) is 17.0. The molecular weight excluding hydrogens is 378 g/mol. The van der Waals surface area contributed by atoms with Crippen molar-refractivity contribution in [2.45, 2.75) is 38.8 Å². The molecule has 2 heterocycles. The van der Waals surface area contributed by atoms with Crippen LogP contribution in [0.15, 0.2) is 54.7 Å². The van der Waals surface area contributed by atoms with E-state index in [2.05, 4.69) is 5.32 Å². The predicted octanol–water partition coefficient (Wildman–Crippen LogP) is 3.39. The Morgan fingerprint density at radius 3 is 2.57 bits per heavy atom. The number of hydrogen-bond acceptors (Lipinski definition) is 3. The number of nitrogens with zero attached hydrogens (tertiary/aromatic N) is 2. The van der Waals surface area contributed by atoms with Gasteiger partial charge in [0, 0.05) is 38.3 Å². The summed E-state index contributed by atoms with van der Waals surface area (Å²) in [7, 11) is 0. The van der Waals surface area contributed by atoms with Crippen LogP contribution in [0.4, 0.5) is 5.69 Å². The van der Waals surface area contributed by atoms with Crippen LogP contribution in [0.3, 0.4) is 0 Å². The van der Waals surface area contributed by atoms with Crippen molar-refractivity contribution in [1.82, 2.24) is 10.2 Å². The molecule has 0 radical (unpaired) electrons. The van der Waals surface area contributed by atoms with Crippen LogP contribution in [0.25, 0.3) is 6.08 Å². The van der Waals surface area contributed by atoms with Gasteiger partial charge in [0.2, 0.25) is 17.7 Å². The maximum Gasteiger partial charge on any atom is 0.227 e. The van der Waals surface area contributed by atoms with Gasteiger partial charge in [-0.2, -0.15) is 0 Å². The Morgan fingerprint density at radius 1 is 1.10 bits per heavy atom. The summed E-state index contributed by atoms with van der Waals surface area (Å²) in [5.74, 6) is -0.0476. The molecule has 2 aliphatic heterocycles. The fraction of sp³-hybridized carbons (Fsp3) is 0.292. The van der Waals surface area contributed by atoms with E-state index in [4.69, 9.17) is 0 Å². The topological polar surface area (TPSA) is 69.7 Å². The van der Waals surface area contributed by atoms with Crippen molar-refractivity contribution in [1.29, 1.82) is 0 Å². The van der Waals surface area contributed by atoms with E-state index >= 15 is 0 Å². The summed E-state index contributed by atoms with van der Waals surface area (Å²) in [5.41, 5.74) is 3.87. The highest BCUT2D eigenvalue weighted by molar-refractivity contribution is 5.95. The van der Waals surface area contributed by atoms with Crippen molar-refractivity contribution >= 4 is 29.5 Å². The first kappa shape index (κ1) is 19.9. The van der Waals surface area contributed by atoms with Gasteiger partial charge in [-0.25, -0.2) is 0 Å². The van der Waals surface area contributed by atoms with Crippen molar-refractivity contribution < 1.29 is 14.4 Å². The lowest BCUT2D eigenvalue weighted by Gasteiger charge is -2.32. The highest BCUT2D eigenvalue weighted by Crippen LogP contribution is 2.32. The fourth-order valence-corrected chi connectivity index (χ4v) is 4.08. The first-order valence-corrected chi connectivity index (χ1v) is 10.2. The number of benzene rings is 2. The molecule has 1 N–H and O–H groups in total. The molecule has 0 aliphatic carbocycles. The molecule has 1 unspecified atom stereocenters. The monoisotopic (exact) mass is 403 g/mol. The number of rotatable bonds is 5. The fourth-order valence-electron chi connectivity index (χ4n) is 4.08. The molecule has 2 aromatic rings. The van der Waals surface area contributed by atoms with Gasteiger partial charge in [-0.05, 0) is 41.3 Å². The minimum atomic E-state index is -0.313. The normalized spacial score (nSPS) is 17.8. The number of hydrogen-bond donors (Lipinski definition) is 1. The maximum atomic E-state index is 12.7. The minimum Gasteiger partial charge on any atom is -0.352 e. The van der Waals surface area contributed by atoms with Crippen molar-refractivity contribution in [3.63, 3.8) is 0 Å². The standard InChI is InChI=1S/C24H25N3O3/c1-17(28)26-14-12-19-5-2-3-6-21(19)22(26)15-23(29)25-16-18-8-10-20(11-9-18)27-13-4-7-24(27)30/h2-3,5-6,8-12,14,22H,4,7,13,15-16H2,1H3,(H,25,29). The molecule has 0 bridgehead atoms. The Labute approximate surface area is 176 Å². The molecule has 154 valence electrons. The summed E-state index contributed by atoms with van der Waals surface area (Å²) >= 11 is 0. The average molecular weight is 403 g/mol. The Bertz CT molecular complexity index is 997. The molecule has 3 amide bonds. The number of carbonyl (C=O) groups excluding carboxylic acids is 3. The summed E-state index contributed by atoms with van der Waals surface area (Å²) < 4.78 is 0. The van der Waals surface area contributed by atoms with Gasteiger partial charge >= 0.3 is 0 Å². The van der Waals surface area contributed by atoms with E-state index in [1.165, 1.54) is 6.92 Å². The molecular formula is C24H25N3O3. The lowest BCUT2D eigenvalue weighted by Crippen LogP contribution is -2.35. The second-order valence-corrected chi connectivity index (χ2v) is 7.68.